The van der Waals surface area contributed by atoms with Gasteiger partial charge in [0.05, 0.1) is 5.69 Å². The molecule has 5 heteroatoms. The van der Waals surface area contributed by atoms with Gasteiger partial charge in [-0.15, -0.1) is 11.3 Å². The first-order chi connectivity index (χ1) is 10.4. The largest absolute Gasteiger partial charge is 0.455 e. The minimum atomic E-state index is 0.0495. The molecule has 2 heterocycles. The molecule has 114 valence electrons. The molecule has 0 aliphatic heterocycles. The van der Waals surface area contributed by atoms with Crippen LogP contribution in [0.15, 0.2) is 45.2 Å². The van der Waals surface area contributed by atoms with Crippen LogP contribution in [0, 0.1) is 0 Å². The Hall–Kier alpha value is -2.14. The second-order valence-corrected chi connectivity index (χ2v) is 7.10. The molecule has 0 fully saturated rings. The monoisotopic (exact) mass is 313 g/mol. The summed E-state index contributed by atoms with van der Waals surface area (Å²) in [7, 11) is 0. The van der Waals surface area contributed by atoms with Gasteiger partial charge in [0.25, 0.3) is 0 Å². The van der Waals surface area contributed by atoms with Gasteiger partial charge in [0.2, 0.25) is 5.13 Å². The fourth-order valence-corrected chi connectivity index (χ4v) is 2.90. The zero-order chi connectivity index (χ0) is 15.7. The summed E-state index contributed by atoms with van der Waals surface area (Å²) in [5.74, 6) is 0.765. The number of nitrogens with one attached hydrogen (secondary N) is 1. The number of para-hydroxylation sites is 1. The van der Waals surface area contributed by atoms with Gasteiger partial charge >= 0.3 is 0 Å². The maximum absolute atomic E-state index is 5.79. The first kappa shape index (κ1) is 14.8. The Bertz CT molecular complexity index is 791. The van der Waals surface area contributed by atoms with Gasteiger partial charge in [-0.2, -0.15) is 5.10 Å². The highest BCUT2D eigenvalue weighted by atomic mass is 32.1. The van der Waals surface area contributed by atoms with Gasteiger partial charge < -0.3 is 4.42 Å². The van der Waals surface area contributed by atoms with Gasteiger partial charge in [-0.3, -0.25) is 5.43 Å². The molecule has 1 N–H and O–H groups in total. The summed E-state index contributed by atoms with van der Waals surface area (Å²) in [6.07, 6.45) is 0. The lowest BCUT2D eigenvalue weighted by molar-refractivity contribution is 0.573. The lowest BCUT2D eigenvalue weighted by Crippen LogP contribution is -2.11. The van der Waals surface area contributed by atoms with Crippen LogP contribution in [0.1, 0.15) is 39.1 Å². The van der Waals surface area contributed by atoms with Gasteiger partial charge in [-0.05, 0) is 19.1 Å². The highest BCUT2D eigenvalue weighted by molar-refractivity contribution is 7.13. The van der Waals surface area contributed by atoms with Gasteiger partial charge in [0, 0.05) is 16.2 Å². The Morgan fingerprint density at radius 2 is 2.05 bits per heavy atom. The molecule has 0 saturated carbocycles. The molecule has 22 heavy (non-hydrogen) atoms. The van der Waals surface area contributed by atoms with E-state index in [0.717, 1.165) is 33.3 Å². The number of hydrazone groups is 1. The maximum Gasteiger partial charge on any atom is 0.203 e. The van der Waals surface area contributed by atoms with Crippen LogP contribution in [0.3, 0.4) is 0 Å². The second kappa shape index (κ2) is 5.57. The molecule has 2 aromatic heterocycles. The lowest BCUT2D eigenvalue weighted by Gasteiger charge is -2.13. The average molecular weight is 313 g/mol. The van der Waals surface area contributed by atoms with Crippen LogP contribution in [-0.4, -0.2) is 10.7 Å². The summed E-state index contributed by atoms with van der Waals surface area (Å²) in [5, 5.41) is 8.31. The molecule has 0 amide bonds. The quantitative estimate of drug-likeness (QED) is 0.545. The zero-order valence-corrected chi connectivity index (χ0v) is 14.0. The number of anilines is 1. The summed E-state index contributed by atoms with van der Waals surface area (Å²) in [5.41, 5.74) is 5.80. The predicted octanol–water partition coefficient (Wildman–Crippen LogP) is 5.02. The molecule has 3 aromatic rings. The SMILES string of the molecule is CC(=NNc1nc(C(C)(C)C)cs1)c1cc2ccccc2o1. The molecule has 0 unspecified atom stereocenters. The van der Waals surface area contributed by atoms with Crippen molar-refractivity contribution in [3.63, 3.8) is 0 Å². The smallest absolute Gasteiger partial charge is 0.203 e. The van der Waals surface area contributed by atoms with Crippen molar-refractivity contribution in [3.8, 4) is 0 Å². The molecule has 0 saturated heterocycles. The zero-order valence-electron chi connectivity index (χ0n) is 13.2. The molecule has 4 nitrogen and oxygen atoms in total. The van der Waals surface area contributed by atoms with E-state index in [1.165, 1.54) is 0 Å². The third kappa shape index (κ3) is 3.04. The minimum absolute atomic E-state index is 0.0495. The van der Waals surface area contributed by atoms with Gasteiger partial charge in [0.15, 0.2) is 5.76 Å². The van der Waals surface area contributed by atoms with E-state index < -0.39 is 0 Å². The van der Waals surface area contributed by atoms with Gasteiger partial charge in [-0.25, -0.2) is 4.98 Å². The number of aromatic nitrogens is 1. The van der Waals surface area contributed by atoms with Crippen molar-refractivity contribution in [3.05, 3.63) is 47.2 Å². The van der Waals surface area contributed by atoms with Crippen molar-refractivity contribution < 1.29 is 4.42 Å². The van der Waals surface area contributed by atoms with Crippen LogP contribution in [0.5, 0.6) is 0 Å². The summed E-state index contributed by atoms with van der Waals surface area (Å²) >= 11 is 1.56. The molecule has 0 aliphatic rings. The van der Waals surface area contributed by atoms with Crippen molar-refractivity contribution >= 4 is 33.1 Å². The number of nitrogens with zero attached hydrogens (tertiary/aromatic N) is 2. The highest BCUT2D eigenvalue weighted by Crippen LogP contribution is 2.26. The van der Waals surface area contributed by atoms with Crippen LogP contribution in [0.4, 0.5) is 5.13 Å². The minimum Gasteiger partial charge on any atom is -0.455 e. The van der Waals surface area contributed by atoms with E-state index in [4.69, 9.17) is 4.42 Å². The van der Waals surface area contributed by atoms with E-state index in [0.29, 0.717) is 0 Å². The predicted molar refractivity (Wildman–Crippen MR) is 92.9 cm³/mol. The van der Waals surface area contributed by atoms with Crippen LogP contribution < -0.4 is 5.43 Å². The van der Waals surface area contributed by atoms with Crippen molar-refractivity contribution in [1.29, 1.82) is 0 Å². The van der Waals surface area contributed by atoms with Crippen LogP contribution in [-0.2, 0) is 5.41 Å². The van der Waals surface area contributed by atoms with Crippen molar-refractivity contribution in [1.82, 2.24) is 4.98 Å². The first-order valence-electron chi connectivity index (χ1n) is 7.19. The number of rotatable bonds is 3. The number of hydrogen-bond acceptors (Lipinski definition) is 5. The molecule has 0 radical (unpaired) electrons. The third-order valence-electron chi connectivity index (χ3n) is 3.37. The Labute approximate surface area is 133 Å². The number of thiazole rings is 1. The average Bonchev–Trinajstić information content (AvgIpc) is 3.10. The fraction of sp³-hybridized carbons (Fsp3) is 0.294. The summed E-state index contributed by atoms with van der Waals surface area (Å²) < 4.78 is 5.79. The number of benzene rings is 1. The standard InChI is InChI=1S/C17H19N3OS/c1-11(14-9-12-7-5-6-8-13(12)21-14)19-20-16-18-15(10-22-16)17(2,3)4/h5-10H,1-4H3,(H,18,20). The Balaban J connectivity index is 1.78. The second-order valence-electron chi connectivity index (χ2n) is 6.25. The molecular weight excluding hydrogens is 294 g/mol. The molecule has 1 aromatic carbocycles. The molecule has 0 aliphatic carbocycles. The third-order valence-corrected chi connectivity index (χ3v) is 4.12. The van der Waals surface area contributed by atoms with Gasteiger partial charge in [-0.1, -0.05) is 39.0 Å². The van der Waals surface area contributed by atoms with Crippen LogP contribution in [0.25, 0.3) is 11.0 Å². The van der Waals surface area contributed by atoms with Crippen LogP contribution in [0.2, 0.25) is 0 Å². The number of fused-ring (bicyclic) bond motifs is 1. The van der Waals surface area contributed by atoms with Crippen LogP contribution >= 0.6 is 11.3 Å². The molecule has 0 spiro atoms. The number of furan rings is 1. The van der Waals surface area contributed by atoms with E-state index in [2.05, 4.69) is 41.7 Å². The maximum atomic E-state index is 5.79. The van der Waals surface area contributed by atoms with E-state index in [9.17, 15) is 0 Å². The van der Waals surface area contributed by atoms with Crippen molar-refractivity contribution in [2.75, 3.05) is 5.43 Å². The highest BCUT2D eigenvalue weighted by Gasteiger charge is 2.17. The first-order valence-corrected chi connectivity index (χ1v) is 8.07. The van der Waals surface area contributed by atoms with E-state index in [-0.39, 0.29) is 5.41 Å². The Morgan fingerprint density at radius 3 is 2.73 bits per heavy atom. The molecular formula is C17H19N3OS. The van der Waals surface area contributed by atoms with E-state index >= 15 is 0 Å². The summed E-state index contributed by atoms with van der Waals surface area (Å²) in [4.78, 5) is 4.56. The van der Waals surface area contributed by atoms with Crippen molar-refractivity contribution in [2.45, 2.75) is 33.1 Å². The van der Waals surface area contributed by atoms with E-state index in [1.807, 2.05) is 37.3 Å². The van der Waals surface area contributed by atoms with Gasteiger partial charge in [0.1, 0.15) is 11.3 Å². The summed E-state index contributed by atoms with van der Waals surface area (Å²) in [6, 6.07) is 9.94. The molecule has 0 atom stereocenters. The topological polar surface area (TPSA) is 50.4 Å². The van der Waals surface area contributed by atoms with Crippen molar-refractivity contribution in [2.24, 2.45) is 5.10 Å². The molecule has 0 bridgehead atoms. The Kier molecular flexibility index (Phi) is 3.74. The molecule has 3 rings (SSSR count). The van der Waals surface area contributed by atoms with E-state index in [1.54, 1.807) is 11.3 Å². The lowest BCUT2D eigenvalue weighted by atomic mass is 9.93. The summed E-state index contributed by atoms with van der Waals surface area (Å²) in [6.45, 7) is 8.36. The normalized spacial score (nSPS) is 12.8. The fourth-order valence-electron chi connectivity index (χ4n) is 2.02. The number of hydrogen-bond donors (Lipinski definition) is 1. The Morgan fingerprint density at radius 1 is 1.27 bits per heavy atom.